The van der Waals surface area contributed by atoms with Crippen LogP contribution in [0.4, 0.5) is 0 Å². The molecule has 0 aliphatic carbocycles. The molecule has 2 aromatic rings. The second-order valence-electron chi connectivity index (χ2n) is 6.08. The van der Waals surface area contributed by atoms with Gasteiger partial charge in [0.05, 0.1) is 27.1 Å². The van der Waals surface area contributed by atoms with Gasteiger partial charge in [-0.1, -0.05) is 24.3 Å². The number of benzene rings is 2. The minimum absolute atomic E-state index is 0.0165. The first-order valence-electron chi connectivity index (χ1n) is 8.34. The molecule has 3 rings (SSSR count). The highest BCUT2D eigenvalue weighted by atomic mass is 32.2. The maximum absolute atomic E-state index is 12.5. The maximum atomic E-state index is 12.5. The van der Waals surface area contributed by atoms with Gasteiger partial charge in [0.25, 0.3) is 0 Å². The Hall–Kier alpha value is -2.34. The first kappa shape index (κ1) is 18.5. The van der Waals surface area contributed by atoms with E-state index in [2.05, 4.69) is 19.1 Å². The summed E-state index contributed by atoms with van der Waals surface area (Å²) in [7, 11) is 4.76. The lowest BCUT2D eigenvalue weighted by Gasteiger charge is -2.26. The number of carbonyl (C=O) groups excluding carboxylic acids is 1. The van der Waals surface area contributed by atoms with E-state index in [0.717, 1.165) is 5.56 Å². The number of ether oxygens (including phenoxy) is 3. The van der Waals surface area contributed by atoms with E-state index in [4.69, 9.17) is 14.2 Å². The van der Waals surface area contributed by atoms with Crippen LogP contribution in [0.2, 0.25) is 0 Å². The van der Waals surface area contributed by atoms with E-state index in [9.17, 15) is 4.79 Å². The summed E-state index contributed by atoms with van der Waals surface area (Å²) in [5, 5.41) is 0.0165. The molecule has 1 aliphatic rings. The lowest BCUT2D eigenvalue weighted by atomic mass is 10.1. The molecule has 1 atom stereocenters. The average molecular weight is 373 g/mol. The van der Waals surface area contributed by atoms with Gasteiger partial charge in [-0.05, 0) is 35.7 Å². The number of rotatable bonds is 6. The Kier molecular flexibility index (Phi) is 5.61. The minimum Gasteiger partial charge on any atom is -0.493 e. The first-order valence-corrected chi connectivity index (χ1v) is 9.39. The number of hydrogen-bond acceptors (Lipinski definition) is 5. The molecule has 1 fully saturated rings. The van der Waals surface area contributed by atoms with Gasteiger partial charge in [-0.25, -0.2) is 0 Å². The van der Waals surface area contributed by atoms with E-state index in [1.165, 1.54) is 11.1 Å². The molecule has 0 N–H and O–H groups in total. The molecule has 1 saturated heterocycles. The predicted octanol–water partition coefficient (Wildman–Crippen LogP) is 3.80. The summed E-state index contributed by atoms with van der Waals surface area (Å²) in [6.45, 7) is 2.57. The van der Waals surface area contributed by atoms with Crippen LogP contribution in [0.5, 0.6) is 17.2 Å². The van der Waals surface area contributed by atoms with Gasteiger partial charge in [-0.15, -0.1) is 11.8 Å². The SMILES string of the molecule is COc1cc(CN2C(=O)CSC2c2ccccc2C)cc(OC)c1OC. The van der Waals surface area contributed by atoms with E-state index >= 15 is 0 Å². The van der Waals surface area contributed by atoms with Gasteiger partial charge < -0.3 is 19.1 Å². The summed E-state index contributed by atoms with van der Waals surface area (Å²) < 4.78 is 16.2. The lowest BCUT2D eigenvalue weighted by Crippen LogP contribution is -2.28. The van der Waals surface area contributed by atoms with Crippen LogP contribution in [0.3, 0.4) is 0 Å². The highest BCUT2D eigenvalue weighted by Gasteiger charge is 2.33. The van der Waals surface area contributed by atoms with Crippen LogP contribution in [-0.4, -0.2) is 37.9 Å². The Balaban J connectivity index is 1.93. The number of aryl methyl sites for hydroxylation is 1. The summed E-state index contributed by atoms with van der Waals surface area (Å²) in [6.07, 6.45) is 0. The largest absolute Gasteiger partial charge is 0.493 e. The van der Waals surface area contributed by atoms with Gasteiger partial charge in [0, 0.05) is 6.54 Å². The molecule has 1 unspecified atom stereocenters. The Morgan fingerprint density at radius 1 is 1.08 bits per heavy atom. The van der Waals surface area contributed by atoms with Crippen LogP contribution in [0.25, 0.3) is 0 Å². The summed E-state index contributed by atoms with van der Waals surface area (Å²) in [5.41, 5.74) is 3.30. The Morgan fingerprint density at radius 3 is 2.31 bits per heavy atom. The third kappa shape index (κ3) is 3.46. The molecule has 1 aliphatic heterocycles. The minimum atomic E-state index is 0.0165. The third-order valence-corrected chi connectivity index (χ3v) is 5.74. The summed E-state index contributed by atoms with van der Waals surface area (Å²) in [5.74, 6) is 2.36. The Bertz CT molecular complexity index is 783. The van der Waals surface area contributed by atoms with Crippen molar-refractivity contribution in [1.82, 2.24) is 4.90 Å². The fourth-order valence-electron chi connectivity index (χ4n) is 3.17. The zero-order valence-corrected chi connectivity index (χ0v) is 16.3. The molecule has 0 spiro atoms. The van der Waals surface area contributed by atoms with Crippen molar-refractivity contribution in [3.05, 3.63) is 53.1 Å². The van der Waals surface area contributed by atoms with E-state index in [1.54, 1.807) is 33.1 Å². The zero-order valence-electron chi connectivity index (χ0n) is 15.4. The molecular weight excluding hydrogens is 350 g/mol. The molecule has 0 aromatic heterocycles. The average Bonchev–Trinajstić information content (AvgIpc) is 3.01. The van der Waals surface area contributed by atoms with E-state index < -0.39 is 0 Å². The predicted molar refractivity (Wildman–Crippen MR) is 103 cm³/mol. The molecule has 6 heteroatoms. The van der Waals surface area contributed by atoms with E-state index in [0.29, 0.717) is 29.5 Å². The van der Waals surface area contributed by atoms with E-state index in [-0.39, 0.29) is 11.3 Å². The number of methoxy groups -OCH3 is 3. The first-order chi connectivity index (χ1) is 12.6. The van der Waals surface area contributed by atoms with Gasteiger partial charge in [-0.3, -0.25) is 4.79 Å². The normalized spacial score (nSPS) is 16.7. The number of nitrogens with zero attached hydrogens (tertiary/aromatic N) is 1. The molecule has 138 valence electrons. The standard InChI is InChI=1S/C20H23NO4S/c1-13-7-5-6-8-15(13)20-21(18(22)12-26-20)11-14-9-16(23-2)19(25-4)17(10-14)24-3/h5-10,20H,11-12H2,1-4H3. The van der Waals surface area contributed by atoms with Gasteiger partial charge in [-0.2, -0.15) is 0 Å². The van der Waals surface area contributed by atoms with Crippen molar-refractivity contribution < 1.29 is 19.0 Å². The van der Waals surface area contributed by atoms with E-state index in [1.807, 2.05) is 29.2 Å². The van der Waals surface area contributed by atoms with Crippen LogP contribution < -0.4 is 14.2 Å². The fraction of sp³-hybridized carbons (Fsp3) is 0.350. The smallest absolute Gasteiger partial charge is 0.234 e. The van der Waals surface area contributed by atoms with Crippen LogP contribution in [-0.2, 0) is 11.3 Å². The highest BCUT2D eigenvalue weighted by molar-refractivity contribution is 8.00. The number of amides is 1. The second-order valence-corrected chi connectivity index (χ2v) is 7.14. The van der Waals surface area contributed by atoms with Crippen molar-refractivity contribution in [1.29, 1.82) is 0 Å². The summed E-state index contributed by atoms with van der Waals surface area (Å²) >= 11 is 1.66. The van der Waals surface area contributed by atoms with Crippen LogP contribution >= 0.6 is 11.8 Å². The number of hydrogen-bond donors (Lipinski definition) is 0. The second kappa shape index (κ2) is 7.91. The van der Waals surface area contributed by atoms with Crippen molar-refractivity contribution in [2.24, 2.45) is 0 Å². The summed E-state index contributed by atoms with van der Waals surface area (Å²) in [4.78, 5) is 14.4. The van der Waals surface area contributed by atoms with Crippen molar-refractivity contribution >= 4 is 17.7 Å². The van der Waals surface area contributed by atoms with Gasteiger partial charge in [0.15, 0.2) is 11.5 Å². The monoisotopic (exact) mass is 373 g/mol. The molecule has 1 amide bonds. The molecule has 26 heavy (non-hydrogen) atoms. The topological polar surface area (TPSA) is 48.0 Å². The molecule has 5 nitrogen and oxygen atoms in total. The zero-order chi connectivity index (χ0) is 18.7. The maximum Gasteiger partial charge on any atom is 0.234 e. The van der Waals surface area contributed by atoms with Gasteiger partial charge in [0.1, 0.15) is 5.37 Å². The van der Waals surface area contributed by atoms with Crippen LogP contribution in [0.15, 0.2) is 36.4 Å². The number of carbonyl (C=O) groups is 1. The third-order valence-electron chi connectivity index (χ3n) is 4.50. The van der Waals surface area contributed by atoms with Crippen LogP contribution in [0, 0.1) is 6.92 Å². The molecule has 1 heterocycles. The Morgan fingerprint density at radius 2 is 1.73 bits per heavy atom. The molecule has 0 bridgehead atoms. The van der Waals surface area contributed by atoms with Crippen molar-refractivity contribution in [3.63, 3.8) is 0 Å². The molecule has 0 radical (unpaired) electrons. The summed E-state index contributed by atoms with van der Waals surface area (Å²) in [6, 6.07) is 12.0. The highest BCUT2D eigenvalue weighted by Crippen LogP contribution is 2.43. The van der Waals surface area contributed by atoms with Crippen molar-refractivity contribution in [3.8, 4) is 17.2 Å². The lowest BCUT2D eigenvalue weighted by molar-refractivity contribution is -0.128. The van der Waals surface area contributed by atoms with Crippen LogP contribution in [0.1, 0.15) is 22.1 Å². The molecule has 0 saturated carbocycles. The Labute approximate surface area is 158 Å². The molecule has 2 aromatic carbocycles. The van der Waals surface area contributed by atoms with Gasteiger partial charge in [0.2, 0.25) is 11.7 Å². The van der Waals surface area contributed by atoms with Gasteiger partial charge >= 0.3 is 0 Å². The number of thioether (sulfide) groups is 1. The van der Waals surface area contributed by atoms with Crippen molar-refractivity contribution in [2.75, 3.05) is 27.1 Å². The van der Waals surface area contributed by atoms with Crippen molar-refractivity contribution in [2.45, 2.75) is 18.8 Å². The fourth-order valence-corrected chi connectivity index (χ4v) is 4.45. The molecular formula is C20H23NO4S. The quantitative estimate of drug-likeness (QED) is 0.771.